The zero-order valence-electron chi connectivity index (χ0n) is 12.1. The number of ether oxygens (including phenoxy) is 1. The molecule has 0 bridgehead atoms. The molecule has 1 amide bonds. The van der Waals surface area contributed by atoms with Crippen molar-refractivity contribution in [3.63, 3.8) is 0 Å². The molecule has 1 saturated carbocycles. The molecule has 1 aromatic heterocycles. The zero-order chi connectivity index (χ0) is 15.3. The van der Waals surface area contributed by atoms with Crippen LogP contribution in [0.2, 0.25) is 0 Å². The molecule has 0 atom stereocenters. The molecule has 1 aromatic rings. The van der Waals surface area contributed by atoms with Crippen LogP contribution in [0.15, 0.2) is 18.3 Å². The highest BCUT2D eigenvalue weighted by atomic mass is 16.5. The molecule has 0 unspecified atom stereocenters. The highest BCUT2D eigenvalue weighted by Crippen LogP contribution is 2.41. The smallest absolute Gasteiger partial charge is 0.310 e. The van der Waals surface area contributed by atoms with Gasteiger partial charge in [0.2, 0.25) is 11.8 Å². The van der Waals surface area contributed by atoms with Crippen LogP contribution in [0.5, 0.6) is 5.88 Å². The third-order valence-corrected chi connectivity index (χ3v) is 3.83. The third kappa shape index (κ3) is 3.71. The number of rotatable bonds is 6. The summed E-state index contributed by atoms with van der Waals surface area (Å²) in [7, 11) is 0. The zero-order valence-corrected chi connectivity index (χ0v) is 12.1. The first kappa shape index (κ1) is 15.3. The van der Waals surface area contributed by atoms with Crippen LogP contribution in [0.25, 0.3) is 0 Å². The maximum Gasteiger partial charge on any atom is 0.310 e. The van der Waals surface area contributed by atoms with Crippen LogP contribution in [0.3, 0.4) is 0 Å². The van der Waals surface area contributed by atoms with Crippen molar-refractivity contribution in [1.82, 2.24) is 4.98 Å². The molecule has 0 aromatic carbocycles. The summed E-state index contributed by atoms with van der Waals surface area (Å²) in [6, 6.07) is 3.36. The van der Waals surface area contributed by atoms with E-state index in [0.29, 0.717) is 31.0 Å². The molecule has 0 saturated heterocycles. The minimum Gasteiger partial charge on any atom is -0.481 e. The molecule has 0 spiro atoms. The number of pyridine rings is 1. The number of hydrogen-bond donors (Lipinski definition) is 2. The normalized spacial score (nSPS) is 16.4. The van der Waals surface area contributed by atoms with Gasteiger partial charge in [-0.2, -0.15) is 0 Å². The monoisotopic (exact) mass is 292 g/mol. The van der Waals surface area contributed by atoms with Crippen LogP contribution in [-0.4, -0.2) is 28.6 Å². The van der Waals surface area contributed by atoms with E-state index < -0.39 is 11.4 Å². The first-order valence-electron chi connectivity index (χ1n) is 7.18. The summed E-state index contributed by atoms with van der Waals surface area (Å²) < 4.78 is 5.22. The maximum atomic E-state index is 12.1. The van der Waals surface area contributed by atoms with E-state index in [0.717, 1.165) is 12.8 Å². The van der Waals surface area contributed by atoms with Gasteiger partial charge in [0.05, 0.1) is 23.9 Å². The summed E-state index contributed by atoms with van der Waals surface area (Å²) in [6.07, 6.45) is 4.38. The van der Waals surface area contributed by atoms with Crippen molar-refractivity contribution in [3.8, 4) is 5.88 Å². The Morgan fingerprint density at radius 2 is 2.10 bits per heavy atom. The van der Waals surface area contributed by atoms with E-state index in [4.69, 9.17) is 4.74 Å². The van der Waals surface area contributed by atoms with Crippen LogP contribution in [0.1, 0.15) is 39.0 Å². The van der Waals surface area contributed by atoms with Gasteiger partial charge in [-0.1, -0.05) is 12.8 Å². The van der Waals surface area contributed by atoms with E-state index >= 15 is 0 Å². The Morgan fingerprint density at radius 1 is 1.38 bits per heavy atom. The number of aromatic nitrogens is 1. The standard InChI is InChI=1S/C15H20N2O4/c1-2-21-13-6-5-11(10-16-13)17-12(18)9-15(14(19)20)7-3-4-8-15/h5-6,10H,2-4,7-9H2,1H3,(H,17,18)(H,19,20). The van der Waals surface area contributed by atoms with Crippen molar-refractivity contribution in [3.05, 3.63) is 18.3 Å². The van der Waals surface area contributed by atoms with Crippen molar-refractivity contribution in [2.45, 2.75) is 39.0 Å². The minimum absolute atomic E-state index is 0.00947. The fourth-order valence-electron chi connectivity index (χ4n) is 2.72. The molecule has 1 heterocycles. The van der Waals surface area contributed by atoms with E-state index in [1.54, 1.807) is 12.1 Å². The highest BCUT2D eigenvalue weighted by molar-refractivity contribution is 5.94. The molecule has 6 heteroatoms. The first-order valence-corrected chi connectivity index (χ1v) is 7.18. The minimum atomic E-state index is -0.900. The Bertz CT molecular complexity index is 507. The lowest BCUT2D eigenvalue weighted by Crippen LogP contribution is -2.32. The van der Waals surface area contributed by atoms with Gasteiger partial charge in [-0.3, -0.25) is 9.59 Å². The summed E-state index contributed by atoms with van der Waals surface area (Å²) >= 11 is 0. The average Bonchev–Trinajstić information content (AvgIpc) is 2.91. The van der Waals surface area contributed by atoms with Gasteiger partial charge in [-0.05, 0) is 25.8 Å². The number of carboxylic acid groups (broad SMARTS) is 1. The summed E-state index contributed by atoms with van der Waals surface area (Å²) in [4.78, 5) is 27.5. The van der Waals surface area contributed by atoms with Gasteiger partial charge < -0.3 is 15.2 Å². The molecule has 0 radical (unpaired) electrons. The maximum absolute atomic E-state index is 12.1. The lowest BCUT2D eigenvalue weighted by Gasteiger charge is -2.22. The molecule has 1 aliphatic carbocycles. The van der Waals surface area contributed by atoms with Gasteiger partial charge in [0.15, 0.2) is 0 Å². The largest absolute Gasteiger partial charge is 0.481 e. The van der Waals surface area contributed by atoms with Crippen molar-refractivity contribution in [2.24, 2.45) is 5.41 Å². The van der Waals surface area contributed by atoms with Crippen molar-refractivity contribution in [2.75, 3.05) is 11.9 Å². The summed E-state index contributed by atoms with van der Waals surface area (Å²) in [5.74, 6) is -0.668. The lowest BCUT2D eigenvalue weighted by molar-refractivity contribution is -0.150. The fourth-order valence-corrected chi connectivity index (χ4v) is 2.72. The molecular weight excluding hydrogens is 272 g/mol. The number of hydrogen-bond acceptors (Lipinski definition) is 4. The summed E-state index contributed by atoms with van der Waals surface area (Å²) in [5, 5.41) is 12.1. The van der Waals surface area contributed by atoms with E-state index in [9.17, 15) is 14.7 Å². The molecule has 21 heavy (non-hydrogen) atoms. The molecule has 1 fully saturated rings. The lowest BCUT2D eigenvalue weighted by atomic mass is 9.82. The van der Waals surface area contributed by atoms with E-state index in [1.165, 1.54) is 6.20 Å². The van der Waals surface area contributed by atoms with Crippen LogP contribution < -0.4 is 10.1 Å². The number of amides is 1. The van der Waals surface area contributed by atoms with Gasteiger partial charge in [-0.25, -0.2) is 4.98 Å². The molecule has 6 nitrogen and oxygen atoms in total. The second-order valence-corrected chi connectivity index (χ2v) is 5.34. The Kier molecular flexibility index (Phi) is 4.77. The molecule has 1 aliphatic rings. The number of aliphatic carboxylic acids is 1. The number of carbonyl (C=O) groups excluding carboxylic acids is 1. The molecular formula is C15H20N2O4. The molecule has 114 valence electrons. The number of carbonyl (C=O) groups is 2. The quantitative estimate of drug-likeness (QED) is 0.840. The Labute approximate surface area is 123 Å². The second-order valence-electron chi connectivity index (χ2n) is 5.34. The third-order valence-electron chi connectivity index (χ3n) is 3.83. The van der Waals surface area contributed by atoms with Crippen molar-refractivity contribution in [1.29, 1.82) is 0 Å². The SMILES string of the molecule is CCOc1ccc(NC(=O)CC2(C(=O)O)CCCC2)cn1. The van der Waals surface area contributed by atoms with Crippen LogP contribution in [-0.2, 0) is 9.59 Å². The van der Waals surface area contributed by atoms with Gasteiger partial charge in [0, 0.05) is 12.5 Å². The number of anilines is 1. The topological polar surface area (TPSA) is 88.5 Å². The second kappa shape index (κ2) is 6.56. The van der Waals surface area contributed by atoms with Gasteiger partial charge in [-0.15, -0.1) is 0 Å². The van der Waals surface area contributed by atoms with Gasteiger partial charge in [0.25, 0.3) is 0 Å². The summed E-state index contributed by atoms with van der Waals surface area (Å²) in [6.45, 7) is 2.39. The Hall–Kier alpha value is -2.11. The number of carboxylic acids is 1. The average molecular weight is 292 g/mol. The van der Waals surface area contributed by atoms with Crippen LogP contribution in [0.4, 0.5) is 5.69 Å². The van der Waals surface area contributed by atoms with Crippen molar-refractivity contribution >= 4 is 17.6 Å². The molecule has 2 N–H and O–H groups in total. The van der Waals surface area contributed by atoms with Gasteiger partial charge >= 0.3 is 5.97 Å². The Balaban J connectivity index is 1.96. The fraction of sp³-hybridized carbons (Fsp3) is 0.533. The van der Waals surface area contributed by atoms with E-state index in [-0.39, 0.29) is 12.3 Å². The van der Waals surface area contributed by atoms with E-state index in [2.05, 4.69) is 10.3 Å². The molecule has 0 aliphatic heterocycles. The Morgan fingerprint density at radius 3 is 2.62 bits per heavy atom. The summed E-state index contributed by atoms with van der Waals surface area (Å²) in [5.41, 5.74) is -0.357. The van der Waals surface area contributed by atoms with Crippen LogP contribution >= 0.6 is 0 Å². The van der Waals surface area contributed by atoms with E-state index in [1.807, 2.05) is 6.92 Å². The van der Waals surface area contributed by atoms with Crippen LogP contribution in [0, 0.1) is 5.41 Å². The highest BCUT2D eigenvalue weighted by Gasteiger charge is 2.42. The molecule has 2 rings (SSSR count). The predicted molar refractivity (Wildman–Crippen MR) is 77.2 cm³/mol. The predicted octanol–water partition coefficient (Wildman–Crippen LogP) is 2.45. The van der Waals surface area contributed by atoms with Gasteiger partial charge in [0.1, 0.15) is 0 Å². The number of nitrogens with zero attached hydrogens (tertiary/aromatic N) is 1. The van der Waals surface area contributed by atoms with Crippen molar-refractivity contribution < 1.29 is 19.4 Å². The first-order chi connectivity index (χ1) is 10.1. The number of nitrogens with one attached hydrogen (secondary N) is 1.